The van der Waals surface area contributed by atoms with E-state index < -0.39 is 0 Å². The number of aliphatic hydroxyl groups excluding tert-OH is 1. The molecule has 1 saturated heterocycles. The van der Waals surface area contributed by atoms with Crippen LogP contribution in [0.2, 0.25) is 0 Å². The maximum atomic E-state index is 8.50. The summed E-state index contributed by atoms with van der Waals surface area (Å²) < 4.78 is 0. The van der Waals surface area contributed by atoms with Crippen molar-refractivity contribution >= 4 is 0 Å². The lowest BCUT2D eigenvalue weighted by Crippen LogP contribution is -2.24. The fraction of sp³-hybridized carbons (Fsp3) is 1.00. The fourth-order valence-electron chi connectivity index (χ4n) is 0.913. The van der Waals surface area contributed by atoms with Crippen molar-refractivity contribution in [2.75, 3.05) is 13.2 Å². The van der Waals surface area contributed by atoms with Crippen molar-refractivity contribution in [2.45, 2.75) is 18.9 Å². The molecule has 0 spiro atoms. The molecular formula is C5H11NO. The Bertz CT molecular complexity index is 50.0. The number of aliphatic hydroxyl groups is 1. The molecule has 0 aromatic heterocycles. The number of hydrogen-bond acceptors (Lipinski definition) is 2. The van der Waals surface area contributed by atoms with E-state index in [0.29, 0.717) is 12.6 Å². The molecule has 1 aliphatic rings. The first-order chi connectivity index (χ1) is 3.43. The second-order valence-corrected chi connectivity index (χ2v) is 1.98. The smallest absolute Gasteiger partial charge is 0.0584 e. The summed E-state index contributed by atoms with van der Waals surface area (Å²) in [5, 5.41) is 11.7. The summed E-state index contributed by atoms with van der Waals surface area (Å²) in [5.74, 6) is 0. The zero-order chi connectivity index (χ0) is 5.11. The summed E-state index contributed by atoms with van der Waals surface area (Å²) in [6.45, 7) is 1.39. The van der Waals surface area contributed by atoms with Gasteiger partial charge in [-0.15, -0.1) is 0 Å². The van der Waals surface area contributed by atoms with Crippen LogP contribution in [0.3, 0.4) is 0 Å². The first-order valence-corrected chi connectivity index (χ1v) is 2.77. The number of nitrogens with one attached hydrogen (secondary N) is 1. The summed E-state index contributed by atoms with van der Waals surface area (Å²) in [6, 6.07) is 0.403. The molecule has 0 radical (unpaired) electrons. The molecule has 1 aliphatic heterocycles. The van der Waals surface area contributed by atoms with E-state index in [4.69, 9.17) is 5.11 Å². The van der Waals surface area contributed by atoms with Crippen molar-refractivity contribution in [2.24, 2.45) is 0 Å². The molecule has 0 aromatic rings. The molecule has 0 amide bonds. The zero-order valence-electron chi connectivity index (χ0n) is 4.35. The van der Waals surface area contributed by atoms with Crippen LogP contribution in [-0.4, -0.2) is 24.3 Å². The molecule has 1 atom stereocenters. The summed E-state index contributed by atoms with van der Waals surface area (Å²) >= 11 is 0. The van der Waals surface area contributed by atoms with Gasteiger partial charge in [0.25, 0.3) is 0 Å². The maximum absolute atomic E-state index is 8.50. The maximum Gasteiger partial charge on any atom is 0.0584 e. The van der Waals surface area contributed by atoms with E-state index in [1.165, 1.54) is 6.42 Å². The van der Waals surface area contributed by atoms with Crippen LogP contribution in [0.15, 0.2) is 0 Å². The molecule has 1 unspecified atom stereocenters. The van der Waals surface area contributed by atoms with Gasteiger partial charge in [-0.1, -0.05) is 0 Å². The van der Waals surface area contributed by atoms with Crippen molar-refractivity contribution in [3.63, 3.8) is 0 Å². The van der Waals surface area contributed by atoms with Gasteiger partial charge in [-0.2, -0.15) is 0 Å². The van der Waals surface area contributed by atoms with Gasteiger partial charge in [0.1, 0.15) is 0 Å². The first-order valence-electron chi connectivity index (χ1n) is 2.77. The molecular weight excluding hydrogens is 91.1 g/mol. The third-order valence-corrected chi connectivity index (χ3v) is 1.38. The lowest BCUT2D eigenvalue weighted by Gasteiger charge is -2.01. The largest absolute Gasteiger partial charge is 0.395 e. The summed E-state index contributed by atoms with van der Waals surface area (Å²) in [5.41, 5.74) is 0. The molecule has 0 aromatic carbocycles. The van der Waals surface area contributed by atoms with Gasteiger partial charge in [0.15, 0.2) is 0 Å². The molecule has 0 aliphatic carbocycles. The summed E-state index contributed by atoms with van der Waals surface area (Å²) in [7, 11) is 0. The Morgan fingerprint density at radius 3 is 2.86 bits per heavy atom. The van der Waals surface area contributed by atoms with Crippen LogP contribution in [0, 0.1) is 0 Å². The molecule has 2 nitrogen and oxygen atoms in total. The number of rotatable bonds is 1. The highest BCUT2D eigenvalue weighted by Gasteiger charge is 2.10. The van der Waals surface area contributed by atoms with Gasteiger partial charge in [0, 0.05) is 6.04 Å². The Morgan fingerprint density at radius 1 is 1.71 bits per heavy atom. The highest BCUT2D eigenvalue weighted by atomic mass is 16.3. The van der Waals surface area contributed by atoms with Crippen LogP contribution < -0.4 is 5.32 Å². The third-order valence-electron chi connectivity index (χ3n) is 1.38. The van der Waals surface area contributed by atoms with E-state index in [0.717, 1.165) is 13.0 Å². The minimum atomic E-state index is 0.306. The van der Waals surface area contributed by atoms with E-state index in [9.17, 15) is 0 Å². The van der Waals surface area contributed by atoms with Crippen LogP contribution in [0.1, 0.15) is 12.8 Å². The predicted molar refractivity (Wildman–Crippen MR) is 28.1 cm³/mol. The molecule has 2 N–H and O–H groups in total. The van der Waals surface area contributed by atoms with Gasteiger partial charge < -0.3 is 10.4 Å². The van der Waals surface area contributed by atoms with Crippen LogP contribution in [-0.2, 0) is 0 Å². The summed E-state index contributed by atoms with van der Waals surface area (Å²) in [4.78, 5) is 0. The highest BCUT2D eigenvalue weighted by Crippen LogP contribution is 2.02. The monoisotopic (exact) mass is 102 g/mol. The van der Waals surface area contributed by atoms with Crippen molar-refractivity contribution in [1.29, 1.82) is 0 Å². The minimum absolute atomic E-state index is 0.306. The topological polar surface area (TPSA) is 32.3 Å². The minimum Gasteiger partial charge on any atom is -0.395 e. The highest BCUT2D eigenvalue weighted by molar-refractivity contribution is 4.71. The Kier molecular flexibility index (Phi) is 1.65. The lowest BCUT2D eigenvalue weighted by molar-refractivity contribution is 0.255. The van der Waals surface area contributed by atoms with Gasteiger partial charge in [0.2, 0.25) is 0 Å². The molecule has 7 heavy (non-hydrogen) atoms. The van der Waals surface area contributed by atoms with Gasteiger partial charge in [-0.05, 0) is 19.4 Å². The Hall–Kier alpha value is -0.0800. The third kappa shape index (κ3) is 1.14. The van der Waals surface area contributed by atoms with Crippen molar-refractivity contribution in [1.82, 2.24) is 5.32 Å². The molecule has 1 heterocycles. The van der Waals surface area contributed by atoms with Crippen LogP contribution in [0.25, 0.3) is 0 Å². The van der Waals surface area contributed by atoms with E-state index in [1.807, 2.05) is 0 Å². The first kappa shape index (κ1) is 5.06. The quantitative estimate of drug-likeness (QED) is 0.447. The number of hydrogen-bond donors (Lipinski definition) is 2. The van der Waals surface area contributed by atoms with Crippen molar-refractivity contribution < 1.29 is 5.11 Å². The average molecular weight is 102 g/mol. The van der Waals surface area contributed by atoms with Crippen molar-refractivity contribution in [3.05, 3.63) is 0 Å². The second-order valence-electron chi connectivity index (χ2n) is 1.98. The van der Waals surface area contributed by atoms with E-state index in [2.05, 4.69) is 5.32 Å². The van der Waals surface area contributed by atoms with E-state index in [1.54, 1.807) is 0 Å². The van der Waals surface area contributed by atoms with E-state index in [-0.39, 0.29) is 0 Å². The Balaban J connectivity index is 2.14. The van der Waals surface area contributed by atoms with Crippen LogP contribution in [0.5, 0.6) is 0 Å². The zero-order valence-corrected chi connectivity index (χ0v) is 4.35. The molecule has 42 valence electrons. The van der Waals surface area contributed by atoms with Crippen LogP contribution in [0.4, 0.5) is 0 Å². The Morgan fingerprint density at radius 2 is 2.57 bits per heavy atom. The predicted octanol–water partition coefficient (Wildman–Crippen LogP) is -0.269. The Labute approximate surface area is 43.5 Å². The second kappa shape index (κ2) is 2.28. The molecule has 2 heteroatoms. The van der Waals surface area contributed by atoms with Crippen LogP contribution >= 0.6 is 0 Å². The molecule has 0 bridgehead atoms. The van der Waals surface area contributed by atoms with E-state index >= 15 is 0 Å². The van der Waals surface area contributed by atoms with Gasteiger partial charge in [-0.25, -0.2) is 0 Å². The normalized spacial score (nSPS) is 31.3. The summed E-state index contributed by atoms with van der Waals surface area (Å²) in [6.07, 6.45) is 2.38. The van der Waals surface area contributed by atoms with Gasteiger partial charge in [-0.3, -0.25) is 0 Å². The van der Waals surface area contributed by atoms with Gasteiger partial charge >= 0.3 is 0 Å². The van der Waals surface area contributed by atoms with Gasteiger partial charge in [0.05, 0.1) is 6.61 Å². The van der Waals surface area contributed by atoms with Crippen molar-refractivity contribution in [3.8, 4) is 0 Å². The molecule has 0 saturated carbocycles. The fourth-order valence-corrected chi connectivity index (χ4v) is 0.913. The SMILES string of the molecule is OCC1CCC[15NH]1. The molecule has 1 fully saturated rings. The standard InChI is InChI=1S/C5H11NO/c7-4-5-2-1-3-6-5/h5-7H,1-4H2/i6+1. The molecule has 1 rings (SSSR count). The average Bonchev–Trinajstić information content (AvgIpc) is 2.14. The lowest BCUT2D eigenvalue weighted by atomic mass is 10.2.